The van der Waals surface area contributed by atoms with Crippen LogP contribution in [0, 0.1) is 5.92 Å². The van der Waals surface area contributed by atoms with Crippen LogP contribution in [-0.2, 0) is 9.59 Å². The summed E-state index contributed by atoms with van der Waals surface area (Å²) in [6.45, 7) is 2.12. The molecule has 5 heteroatoms. The lowest BCUT2D eigenvalue weighted by atomic mass is 9.78. The first-order valence-electron chi connectivity index (χ1n) is 9.90. The van der Waals surface area contributed by atoms with E-state index < -0.39 is 0 Å². The zero-order valence-corrected chi connectivity index (χ0v) is 14.8. The van der Waals surface area contributed by atoms with E-state index in [1.807, 2.05) is 0 Å². The van der Waals surface area contributed by atoms with E-state index in [9.17, 15) is 14.7 Å². The van der Waals surface area contributed by atoms with Crippen LogP contribution in [0.5, 0.6) is 0 Å². The van der Waals surface area contributed by atoms with Gasteiger partial charge in [-0.15, -0.1) is 0 Å². The molecule has 2 saturated heterocycles. The molecule has 0 radical (unpaired) electrons. The molecule has 24 heavy (non-hydrogen) atoms. The smallest absolute Gasteiger partial charge is 0.222 e. The molecule has 0 aromatic heterocycles. The topological polar surface area (TPSA) is 60.9 Å². The zero-order valence-electron chi connectivity index (χ0n) is 14.8. The Morgan fingerprint density at radius 3 is 2.42 bits per heavy atom. The van der Waals surface area contributed by atoms with Crippen LogP contribution in [0.1, 0.15) is 70.6 Å². The van der Waals surface area contributed by atoms with E-state index in [1.165, 1.54) is 32.1 Å². The van der Waals surface area contributed by atoms with E-state index in [2.05, 4.69) is 4.90 Å². The molecule has 3 atom stereocenters. The summed E-state index contributed by atoms with van der Waals surface area (Å²) in [5, 5.41) is 9.67. The van der Waals surface area contributed by atoms with E-state index in [0.717, 1.165) is 32.4 Å². The van der Waals surface area contributed by atoms with Crippen LogP contribution in [0.2, 0.25) is 0 Å². The zero-order chi connectivity index (χ0) is 16.9. The monoisotopic (exact) mass is 336 g/mol. The Balaban J connectivity index is 1.42. The third-order valence-corrected chi connectivity index (χ3v) is 6.09. The Morgan fingerprint density at radius 2 is 1.58 bits per heavy atom. The number of carbonyl (C=O) groups is 2. The van der Waals surface area contributed by atoms with Gasteiger partial charge in [0, 0.05) is 38.5 Å². The van der Waals surface area contributed by atoms with Gasteiger partial charge in [-0.25, -0.2) is 0 Å². The molecule has 0 spiro atoms. The second-order valence-corrected chi connectivity index (χ2v) is 7.83. The van der Waals surface area contributed by atoms with Gasteiger partial charge in [0.1, 0.15) is 0 Å². The van der Waals surface area contributed by atoms with E-state index in [1.54, 1.807) is 4.90 Å². The van der Waals surface area contributed by atoms with E-state index in [4.69, 9.17) is 0 Å². The van der Waals surface area contributed by atoms with Crippen LogP contribution in [0.3, 0.4) is 0 Å². The van der Waals surface area contributed by atoms with Crippen molar-refractivity contribution < 1.29 is 14.7 Å². The summed E-state index contributed by atoms with van der Waals surface area (Å²) in [7, 11) is 0. The predicted octanol–water partition coefficient (Wildman–Crippen LogP) is 2.32. The maximum absolute atomic E-state index is 12.6. The molecule has 3 aliphatic rings. The summed E-state index contributed by atoms with van der Waals surface area (Å²) in [5.41, 5.74) is 0. The number of likely N-dealkylation sites (tertiary alicyclic amines) is 2. The Hall–Kier alpha value is -1.10. The molecule has 2 aliphatic heterocycles. The van der Waals surface area contributed by atoms with Gasteiger partial charge in [0.05, 0.1) is 6.10 Å². The molecule has 3 fully saturated rings. The molecule has 136 valence electrons. The Kier molecular flexibility index (Phi) is 6.14. The minimum atomic E-state index is -0.374. The molecular formula is C19H32N2O3. The number of hydrogen-bond acceptors (Lipinski definition) is 3. The van der Waals surface area contributed by atoms with E-state index in [-0.39, 0.29) is 17.9 Å². The fraction of sp³-hybridized carbons (Fsp3) is 0.895. The first-order chi connectivity index (χ1) is 11.6. The highest BCUT2D eigenvalue weighted by molar-refractivity contribution is 5.79. The van der Waals surface area contributed by atoms with Gasteiger partial charge in [-0.05, 0) is 50.9 Å². The molecule has 2 amide bonds. The first-order valence-corrected chi connectivity index (χ1v) is 9.90. The van der Waals surface area contributed by atoms with Gasteiger partial charge in [0.15, 0.2) is 0 Å². The van der Waals surface area contributed by atoms with Gasteiger partial charge in [-0.2, -0.15) is 0 Å². The third kappa shape index (κ3) is 4.29. The molecular weight excluding hydrogens is 304 g/mol. The predicted molar refractivity (Wildman–Crippen MR) is 92.4 cm³/mol. The maximum Gasteiger partial charge on any atom is 0.222 e. The fourth-order valence-electron chi connectivity index (χ4n) is 4.81. The van der Waals surface area contributed by atoms with Crippen LogP contribution in [0.4, 0.5) is 0 Å². The highest BCUT2D eigenvalue weighted by Gasteiger charge is 2.35. The summed E-state index contributed by atoms with van der Waals surface area (Å²) >= 11 is 0. The van der Waals surface area contributed by atoms with E-state index >= 15 is 0 Å². The molecule has 0 aromatic rings. The Labute approximate surface area is 145 Å². The number of aliphatic hydroxyl groups excluding tert-OH is 1. The minimum absolute atomic E-state index is 0.0933. The van der Waals surface area contributed by atoms with Gasteiger partial charge in [0.25, 0.3) is 0 Å². The molecule has 3 rings (SSSR count). The average molecular weight is 336 g/mol. The van der Waals surface area contributed by atoms with Gasteiger partial charge in [-0.3, -0.25) is 9.59 Å². The Bertz CT molecular complexity index is 452. The number of nitrogens with zero attached hydrogens (tertiary/aromatic N) is 2. The number of fused-ring (bicyclic) bond motifs is 1. The third-order valence-electron chi connectivity index (χ3n) is 6.09. The number of piperidine rings is 2. The quantitative estimate of drug-likeness (QED) is 0.857. The van der Waals surface area contributed by atoms with Crippen LogP contribution in [0.25, 0.3) is 0 Å². The van der Waals surface area contributed by atoms with Crippen LogP contribution < -0.4 is 0 Å². The first kappa shape index (κ1) is 17.7. The van der Waals surface area contributed by atoms with Crippen LogP contribution in [0.15, 0.2) is 0 Å². The van der Waals surface area contributed by atoms with E-state index in [0.29, 0.717) is 37.8 Å². The molecule has 0 bridgehead atoms. The highest BCUT2D eigenvalue weighted by Crippen LogP contribution is 2.35. The SMILES string of the molecule is O=C(CCCC(=O)N1CCCC2CCCCC21)N1CCCC(O)C1. The molecule has 1 saturated carbocycles. The number of amides is 2. The fourth-order valence-corrected chi connectivity index (χ4v) is 4.81. The molecule has 0 aromatic carbocycles. The lowest BCUT2D eigenvalue weighted by molar-refractivity contribution is -0.138. The number of carbonyl (C=O) groups excluding carboxylic acids is 2. The van der Waals surface area contributed by atoms with Gasteiger partial charge in [-0.1, -0.05) is 12.8 Å². The highest BCUT2D eigenvalue weighted by atomic mass is 16.3. The molecule has 3 unspecified atom stereocenters. The average Bonchev–Trinajstić information content (AvgIpc) is 2.61. The van der Waals surface area contributed by atoms with Crippen molar-refractivity contribution in [2.45, 2.75) is 82.8 Å². The summed E-state index contributed by atoms with van der Waals surface area (Å²) in [6, 6.07) is 0.466. The summed E-state index contributed by atoms with van der Waals surface area (Å²) in [5.74, 6) is 1.06. The molecule has 1 N–H and O–H groups in total. The minimum Gasteiger partial charge on any atom is -0.391 e. The number of hydrogen-bond donors (Lipinski definition) is 1. The van der Waals surface area contributed by atoms with Crippen molar-refractivity contribution in [1.29, 1.82) is 0 Å². The standard InChI is InChI=1S/C19H32N2O3/c22-16-8-5-12-20(14-16)18(23)10-3-11-19(24)21-13-4-7-15-6-1-2-9-17(15)21/h15-17,22H,1-14H2. The van der Waals surface area contributed by atoms with Crippen molar-refractivity contribution in [2.24, 2.45) is 5.92 Å². The van der Waals surface area contributed by atoms with Gasteiger partial charge < -0.3 is 14.9 Å². The van der Waals surface area contributed by atoms with Gasteiger partial charge >= 0.3 is 0 Å². The second kappa shape index (κ2) is 8.32. The number of β-amino-alcohol motifs (C(OH)–C–C–N with tert-alkyl or cyclic N) is 1. The van der Waals surface area contributed by atoms with Crippen molar-refractivity contribution in [3.8, 4) is 0 Å². The molecule has 5 nitrogen and oxygen atoms in total. The van der Waals surface area contributed by atoms with Crippen LogP contribution >= 0.6 is 0 Å². The lowest BCUT2D eigenvalue weighted by Crippen LogP contribution is -2.49. The van der Waals surface area contributed by atoms with Gasteiger partial charge in [0.2, 0.25) is 11.8 Å². The van der Waals surface area contributed by atoms with Crippen molar-refractivity contribution in [1.82, 2.24) is 9.80 Å². The second-order valence-electron chi connectivity index (χ2n) is 7.83. The van der Waals surface area contributed by atoms with Crippen molar-refractivity contribution in [2.75, 3.05) is 19.6 Å². The number of rotatable bonds is 4. The molecule has 1 aliphatic carbocycles. The Morgan fingerprint density at radius 1 is 0.875 bits per heavy atom. The normalized spacial score (nSPS) is 30.8. The summed E-state index contributed by atoms with van der Waals surface area (Å²) < 4.78 is 0. The maximum atomic E-state index is 12.6. The summed E-state index contributed by atoms with van der Waals surface area (Å²) in [4.78, 5) is 28.7. The summed E-state index contributed by atoms with van der Waals surface area (Å²) in [6.07, 6.45) is 10.3. The van der Waals surface area contributed by atoms with Crippen molar-refractivity contribution in [3.05, 3.63) is 0 Å². The van der Waals surface area contributed by atoms with Crippen molar-refractivity contribution >= 4 is 11.8 Å². The lowest BCUT2D eigenvalue weighted by Gasteiger charge is -2.44. The largest absolute Gasteiger partial charge is 0.391 e. The number of aliphatic hydroxyl groups is 1. The van der Waals surface area contributed by atoms with Crippen molar-refractivity contribution in [3.63, 3.8) is 0 Å². The molecule has 2 heterocycles. The van der Waals surface area contributed by atoms with Crippen LogP contribution in [-0.4, -0.2) is 58.5 Å².